The van der Waals surface area contributed by atoms with Gasteiger partial charge in [0.2, 0.25) is 5.91 Å². The minimum atomic E-state index is -0.940. The van der Waals surface area contributed by atoms with Crippen molar-refractivity contribution in [2.45, 2.75) is 58.2 Å². The maximum atomic E-state index is 12.8. The van der Waals surface area contributed by atoms with Crippen LogP contribution in [0, 0.1) is 5.92 Å². The van der Waals surface area contributed by atoms with E-state index in [0.29, 0.717) is 5.92 Å². The zero-order valence-corrected chi connectivity index (χ0v) is 20.9. The quantitative estimate of drug-likeness (QED) is 0.313. The Kier molecular flexibility index (Phi) is 10.1. The second-order valence-electron chi connectivity index (χ2n) is 9.27. The van der Waals surface area contributed by atoms with Crippen molar-refractivity contribution >= 4 is 28.7 Å². The summed E-state index contributed by atoms with van der Waals surface area (Å²) < 4.78 is 10.7. The van der Waals surface area contributed by atoms with Gasteiger partial charge in [0.1, 0.15) is 18.7 Å². The number of aromatic amines is 1. The molecular formula is C28H35N3O5. The number of esters is 2. The number of fused-ring (bicyclic) bond motifs is 1. The van der Waals surface area contributed by atoms with Gasteiger partial charge in [0.25, 0.3) is 0 Å². The molecule has 2 aromatic carbocycles. The Morgan fingerprint density at radius 2 is 1.67 bits per heavy atom. The third kappa shape index (κ3) is 8.23. The molecule has 8 nitrogen and oxygen atoms in total. The zero-order chi connectivity index (χ0) is 25.9. The summed E-state index contributed by atoms with van der Waals surface area (Å²) in [5, 5.41) is 3.76. The maximum absolute atomic E-state index is 12.8. The predicted molar refractivity (Wildman–Crippen MR) is 138 cm³/mol. The van der Waals surface area contributed by atoms with Gasteiger partial charge in [-0.05, 0) is 36.0 Å². The Hall–Kier alpha value is -3.65. The second kappa shape index (κ2) is 13.4. The molecule has 3 aromatic rings. The van der Waals surface area contributed by atoms with Gasteiger partial charge in [-0.15, -0.1) is 0 Å². The number of nitrogens with two attached hydrogens (primary N) is 1. The van der Waals surface area contributed by atoms with Crippen LogP contribution in [0.1, 0.15) is 44.2 Å². The van der Waals surface area contributed by atoms with Gasteiger partial charge in [0.15, 0.2) is 0 Å². The van der Waals surface area contributed by atoms with Crippen LogP contribution in [0.4, 0.5) is 0 Å². The average Bonchev–Trinajstić information content (AvgIpc) is 3.28. The van der Waals surface area contributed by atoms with Crippen LogP contribution in [-0.4, -0.2) is 41.5 Å². The minimum Gasteiger partial charge on any atom is -0.464 e. The first-order chi connectivity index (χ1) is 17.3. The highest BCUT2D eigenvalue weighted by molar-refractivity contribution is 5.87. The maximum Gasteiger partial charge on any atom is 0.328 e. The van der Waals surface area contributed by atoms with Gasteiger partial charge in [0, 0.05) is 29.9 Å². The van der Waals surface area contributed by atoms with Crippen molar-refractivity contribution in [3.05, 3.63) is 71.9 Å². The Balaban J connectivity index is 1.55. The summed E-state index contributed by atoms with van der Waals surface area (Å²) >= 11 is 0. The molecule has 192 valence electrons. The Bertz CT molecular complexity index is 1140. The smallest absolute Gasteiger partial charge is 0.328 e. The van der Waals surface area contributed by atoms with Crippen molar-refractivity contribution in [1.29, 1.82) is 0 Å². The number of nitrogens with one attached hydrogen (secondary N) is 2. The lowest BCUT2D eigenvalue weighted by molar-refractivity contribution is -0.149. The molecule has 2 atom stereocenters. The molecule has 0 saturated heterocycles. The summed E-state index contributed by atoms with van der Waals surface area (Å²) in [6, 6.07) is 15.2. The molecular weight excluding hydrogens is 458 g/mol. The van der Waals surface area contributed by atoms with Crippen LogP contribution in [0.5, 0.6) is 0 Å². The normalized spacial score (nSPS) is 12.8. The first kappa shape index (κ1) is 26.9. The van der Waals surface area contributed by atoms with E-state index in [4.69, 9.17) is 15.2 Å². The topological polar surface area (TPSA) is 124 Å². The monoisotopic (exact) mass is 493 g/mol. The Labute approximate surface area is 211 Å². The van der Waals surface area contributed by atoms with Crippen LogP contribution in [0.15, 0.2) is 60.8 Å². The second-order valence-corrected chi connectivity index (χ2v) is 9.27. The van der Waals surface area contributed by atoms with E-state index in [1.165, 1.54) is 0 Å². The van der Waals surface area contributed by atoms with Gasteiger partial charge in [-0.3, -0.25) is 9.59 Å². The van der Waals surface area contributed by atoms with Crippen LogP contribution < -0.4 is 11.1 Å². The van der Waals surface area contributed by atoms with E-state index in [1.807, 2.05) is 74.6 Å². The lowest BCUT2D eigenvalue weighted by Gasteiger charge is -2.19. The van der Waals surface area contributed by atoms with Crippen LogP contribution in [0.3, 0.4) is 0 Å². The van der Waals surface area contributed by atoms with E-state index < -0.39 is 24.0 Å². The number of carbonyl (C=O) groups excluding carboxylic acids is 3. The number of carbonyl (C=O) groups is 3. The number of hydrogen-bond acceptors (Lipinski definition) is 6. The van der Waals surface area contributed by atoms with Crippen molar-refractivity contribution in [1.82, 2.24) is 10.3 Å². The van der Waals surface area contributed by atoms with Crippen LogP contribution in [0.2, 0.25) is 0 Å². The Morgan fingerprint density at radius 3 is 2.42 bits per heavy atom. The lowest BCUT2D eigenvalue weighted by atomic mass is 10.0. The van der Waals surface area contributed by atoms with Crippen LogP contribution >= 0.6 is 0 Å². The molecule has 0 aliphatic carbocycles. The standard InChI is InChI=1S/C28H35N3O5/c1-19(2)14-15-35-28(34)25(16-21-17-30-24-11-7-6-10-22(21)24)31-26(32)13-12-23(29)27(33)36-18-20-8-4-3-5-9-20/h3-11,17,19,23,25,30H,12-16,18,29H2,1-2H3,(H,31,32). The molecule has 1 amide bonds. The first-order valence-corrected chi connectivity index (χ1v) is 12.3. The fourth-order valence-electron chi connectivity index (χ4n) is 3.72. The van der Waals surface area contributed by atoms with Gasteiger partial charge in [-0.1, -0.05) is 62.4 Å². The minimum absolute atomic E-state index is 0.0226. The van der Waals surface area contributed by atoms with Crippen molar-refractivity contribution < 1.29 is 23.9 Å². The molecule has 0 aliphatic rings. The number of amides is 1. The molecule has 0 aliphatic heterocycles. The van der Waals surface area contributed by atoms with E-state index in [9.17, 15) is 14.4 Å². The highest BCUT2D eigenvalue weighted by atomic mass is 16.5. The zero-order valence-electron chi connectivity index (χ0n) is 20.9. The predicted octanol–water partition coefficient (Wildman–Crippen LogP) is 3.64. The van der Waals surface area contributed by atoms with Gasteiger partial charge in [-0.25, -0.2) is 4.79 Å². The number of para-hydroxylation sites is 1. The molecule has 8 heteroatoms. The molecule has 2 unspecified atom stereocenters. The fraction of sp³-hybridized carbons (Fsp3) is 0.393. The van der Waals surface area contributed by atoms with Crippen molar-refractivity contribution in [2.24, 2.45) is 11.7 Å². The number of H-pyrrole nitrogens is 1. The van der Waals surface area contributed by atoms with E-state index in [1.54, 1.807) is 0 Å². The van der Waals surface area contributed by atoms with Gasteiger partial charge < -0.3 is 25.5 Å². The molecule has 1 aromatic heterocycles. The highest BCUT2D eigenvalue weighted by Gasteiger charge is 2.25. The van der Waals surface area contributed by atoms with E-state index in [2.05, 4.69) is 10.3 Å². The average molecular weight is 494 g/mol. The molecule has 3 rings (SSSR count). The summed E-state index contributed by atoms with van der Waals surface area (Å²) in [6.45, 7) is 4.50. The molecule has 0 spiro atoms. The van der Waals surface area contributed by atoms with Crippen LogP contribution in [0.25, 0.3) is 10.9 Å². The summed E-state index contributed by atoms with van der Waals surface area (Å²) in [7, 11) is 0. The van der Waals surface area contributed by atoms with E-state index >= 15 is 0 Å². The van der Waals surface area contributed by atoms with Gasteiger partial charge >= 0.3 is 11.9 Å². The molecule has 4 N–H and O–H groups in total. The molecule has 0 fully saturated rings. The number of hydrogen-bond donors (Lipinski definition) is 3. The number of rotatable bonds is 13. The third-order valence-corrected chi connectivity index (χ3v) is 5.87. The van der Waals surface area contributed by atoms with Gasteiger partial charge in [0.05, 0.1) is 6.61 Å². The molecule has 0 radical (unpaired) electrons. The number of benzene rings is 2. The number of ether oxygens (including phenoxy) is 2. The van der Waals surface area contributed by atoms with E-state index in [-0.39, 0.29) is 38.4 Å². The molecule has 36 heavy (non-hydrogen) atoms. The summed E-state index contributed by atoms with van der Waals surface area (Å²) in [6.07, 6.45) is 2.93. The molecule has 1 heterocycles. The fourth-order valence-corrected chi connectivity index (χ4v) is 3.72. The number of aromatic nitrogens is 1. The Morgan fingerprint density at radius 1 is 0.944 bits per heavy atom. The SMILES string of the molecule is CC(C)CCOC(=O)C(Cc1c[nH]c2ccccc12)NC(=O)CCC(N)C(=O)OCc1ccccc1. The third-order valence-electron chi connectivity index (χ3n) is 5.87. The largest absolute Gasteiger partial charge is 0.464 e. The molecule has 0 bridgehead atoms. The molecule has 0 saturated carbocycles. The summed E-state index contributed by atoms with van der Waals surface area (Å²) in [5.74, 6) is -1.05. The van der Waals surface area contributed by atoms with Gasteiger partial charge in [-0.2, -0.15) is 0 Å². The lowest BCUT2D eigenvalue weighted by Crippen LogP contribution is -2.44. The summed E-state index contributed by atoms with van der Waals surface area (Å²) in [4.78, 5) is 40.9. The highest BCUT2D eigenvalue weighted by Crippen LogP contribution is 2.19. The van der Waals surface area contributed by atoms with Crippen LogP contribution in [-0.2, 0) is 36.9 Å². The van der Waals surface area contributed by atoms with Crippen molar-refractivity contribution in [2.75, 3.05) is 6.61 Å². The summed E-state index contributed by atoms with van der Waals surface area (Å²) in [5.41, 5.74) is 8.64. The van der Waals surface area contributed by atoms with Crippen molar-refractivity contribution in [3.63, 3.8) is 0 Å². The van der Waals surface area contributed by atoms with Crippen molar-refractivity contribution in [3.8, 4) is 0 Å². The van der Waals surface area contributed by atoms with E-state index in [0.717, 1.165) is 28.5 Å². The first-order valence-electron chi connectivity index (χ1n) is 12.3.